The number of aromatic nitrogens is 3. The van der Waals surface area contributed by atoms with E-state index in [4.69, 9.17) is 4.42 Å². The van der Waals surface area contributed by atoms with E-state index < -0.39 is 0 Å². The van der Waals surface area contributed by atoms with E-state index in [9.17, 15) is 4.79 Å². The second kappa shape index (κ2) is 7.67. The molecule has 0 aliphatic heterocycles. The number of furan rings is 1. The fourth-order valence-electron chi connectivity index (χ4n) is 3.68. The van der Waals surface area contributed by atoms with Crippen LogP contribution >= 0.6 is 0 Å². The Balaban J connectivity index is 1.46. The number of aryl methyl sites for hydroxylation is 5. The lowest BCUT2D eigenvalue weighted by Crippen LogP contribution is -2.29. The molecule has 7 nitrogen and oxygen atoms in total. The third-order valence-corrected chi connectivity index (χ3v) is 5.22. The average Bonchev–Trinajstić information content (AvgIpc) is 3.27. The highest BCUT2D eigenvalue weighted by Crippen LogP contribution is 2.22. The van der Waals surface area contributed by atoms with Crippen LogP contribution in [0.4, 0.5) is 5.82 Å². The summed E-state index contributed by atoms with van der Waals surface area (Å²) >= 11 is 0. The Morgan fingerprint density at radius 1 is 1.07 bits per heavy atom. The molecule has 0 radical (unpaired) electrons. The molecule has 0 bridgehead atoms. The molecule has 1 amide bonds. The zero-order valence-electron chi connectivity index (χ0n) is 17.8. The number of benzene rings is 1. The summed E-state index contributed by atoms with van der Waals surface area (Å²) in [5.41, 5.74) is 11.9. The number of fused-ring (bicyclic) bond motifs is 1. The zero-order chi connectivity index (χ0) is 21.4. The van der Waals surface area contributed by atoms with Crippen LogP contribution in [0.3, 0.4) is 0 Å². The predicted octanol–water partition coefficient (Wildman–Crippen LogP) is 4.14. The maximum atomic E-state index is 12.5. The van der Waals surface area contributed by atoms with E-state index in [1.165, 1.54) is 16.7 Å². The fourth-order valence-corrected chi connectivity index (χ4v) is 3.68. The second-order valence-corrected chi connectivity index (χ2v) is 7.68. The fraction of sp³-hybridized carbons (Fsp3) is 0.261. The highest BCUT2D eigenvalue weighted by atomic mass is 16.4. The Hall–Kier alpha value is -3.61. The number of hydrogen-bond acceptors (Lipinski definition) is 5. The number of amides is 1. The number of pyridine rings is 1. The van der Waals surface area contributed by atoms with Crippen LogP contribution in [0.15, 0.2) is 40.8 Å². The van der Waals surface area contributed by atoms with Gasteiger partial charge in [0.1, 0.15) is 11.6 Å². The average molecular weight is 403 g/mol. The first-order valence-corrected chi connectivity index (χ1v) is 9.84. The molecule has 3 heterocycles. The quantitative estimate of drug-likeness (QED) is 0.489. The van der Waals surface area contributed by atoms with Crippen LogP contribution in [-0.2, 0) is 13.5 Å². The molecule has 4 aromatic rings. The van der Waals surface area contributed by atoms with Crippen LogP contribution in [0.2, 0.25) is 0 Å². The molecular weight excluding hydrogens is 378 g/mol. The van der Waals surface area contributed by atoms with Crippen molar-refractivity contribution in [3.05, 3.63) is 75.9 Å². The number of carbonyl (C=O) groups is 1. The van der Waals surface area contributed by atoms with E-state index in [1.807, 2.05) is 33.0 Å². The van der Waals surface area contributed by atoms with Gasteiger partial charge in [-0.15, -0.1) is 0 Å². The Morgan fingerprint density at radius 2 is 1.87 bits per heavy atom. The van der Waals surface area contributed by atoms with Gasteiger partial charge in [0.15, 0.2) is 11.4 Å². The van der Waals surface area contributed by atoms with Gasteiger partial charge in [0.05, 0.1) is 5.69 Å². The summed E-state index contributed by atoms with van der Waals surface area (Å²) in [5, 5.41) is 5.43. The van der Waals surface area contributed by atoms with E-state index in [0.717, 1.165) is 28.1 Å². The minimum absolute atomic E-state index is 0.247. The number of rotatable bonds is 5. The van der Waals surface area contributed by atoms with Crippen LogP contribution in [0.25, 0.3) is 11.0 Å². The summed E-state index contributed by atoms with van der Waals surface area (Å²) in [6.45, 7) is 8.09. The van der Waals surface area contributed by atoms with Crippen LogP contribution < -0.4 is 10.9 Å². The van der Waals surface area contributed by atoms with Gasteiger partial charge in [0, 0.05) is 18.9 Å². The molecule has 0 saturated heterocycles. The minimum atomic E-state index is -0.358. The van der Waals surface area contributed by atoms with Crippen molar-refractivity contribution in [3.63, 3.8) is 0 Å². The minimum Gasteiger partial charge on any atom is -0.456 e. The molecule has 2 N–H and O–H groups in total. The first kappa shape index (κ1) is 19.7. The molecule has 0 aliphatic carbocycles. The Labute approximate surface area is 175 Å². The monoisotopic (exact) mass is 403 g/mol. The van der Waals surface area contributed by atoms with Gasteiger partial charge in [0.2, 0.25) is 0 Å². The Bertz CT molecular complexity index is 1250. The van der Waals surface area contributed by atoms with Crippen molar-refractivity contribution in [1.29, 1.82) is 0 Å². The van der Waals surface area contributed by atoms with E-state index in [2.05, 4.69) is 53.0 Å². The lowest BCUT2D eigenvalue weighted by Gasteiger charge is -2.08. The predicted molar refractivity (Wildman–Crippen MR) is 117 cm³/mol. The van der Waals surface area contributed by atoms with Gasteiger partial charge in [0.25, 0.3) is 0 Å². The molecule has 0 atom stereocenters. The maximum Gasteiger partial charge on any atom is 0.305 e. The lowest BCUT2D eigenvalue weighted by molar-refractivity contribution is 0.0933. The molecule has 0 aliphatic rings. The van der Waals surface area contributed by atoms with Crippen molar-refractivity contribution in [1.82, 2.24) is 20.2 Å². The summed E-state index contributed by atoms with van der Waals surface area (Å²) in [6.07, 6.45) is 0.644. The van der Waals surface area contributed by atoms with Gasteiger partial charge < -0.3 is 4.42 Å². The molecule has 7 heteroatoms. The Morgan fingerprint density at radius 3 is 2.67 bits per heavy atom. The molecule has 0 saturated carbocycles. The molecule has 3 aromatic heterocycles. The first-order chi connectivity index (χ1) is 14.3. The van der Waals surface area contributed by atoms with Crippen molar-refractivity contribution in [2.45, 2.75) is 34.1 Å². The molecule has 1 aromatic carbocycles. The zero-order valence-corrected chi connectivity index (χ0v) is 17.8. The largest absolute Gasteiger partial charge is 0.456 e. The van der Waals surface area contributed by atoms with Crippen molar-refractivity contribution < 1.29 is 9.21 Å². The molecule has 0 fully saturated rings. The number of anilines is 1. The van der Waals surface area contributed by atoms with Gasteiger partial charge >= 0.3 is 5.91 Å². The molecular formula is C23H25N5O2. The summed E-state index contributed by atoms with van der Waals surface area (Å²) < 4.78 is 7.50. The number of nitrogens with zero attached hydrogens (tertiary/aromatic N) is 3. The Kier molecular flexibility index (Phi) is 5.03. The van der Waals surface area contributed by atoms with Crippen LogP contribution in [0, 0.1) is 27.7 Å². The summed E-state index contributed by atoms with van der Waals surface area (Å²) in [5.74, 6) is 1.17. The first-order valence-electron chi connectivity index (χ1n) is 9.84. The highest BCUT2D eigenvalue weighted by Gasteiger charge is 2.14. The number of hydrazine groups is 1. The van der Waals surface area contributed by atoms with Gasteiger partial charge in [-0.25, -0.2) is 4.98 Å². The summed E-state index contributed by atoms with van der Waals surface area (Å²) in [4.78, 5) is 17.1. The molecule has 0 spiro atoms. The summed E-state index contributed by atoms with van der Waals surface area (Å²) in [7, 11) is 1.85. The van der Waals surface area contributed by atoms with E-state index in [1.54, 1.807) is 10.7 Å². The number of hydrogen-bond donors (Lipinski definition) is 2. The molecule has 154 valence electrons. The van der Waals surface area contributed by atoms with Crippen LogP contribution in [0.1, 0.15) is 44.3 Å². The second-order valence-electron chi connectivity index (χ2n) is 7.68. The van der Waals surface area contributed by atoms with Gasteiger partial charge in [-0.3, -0.25) is 20.3 Å². The molecule has 4 rings (SSSR count). The van der Waals surface area contributed by atoms with E-state index in [-0.39, 0.29) is 11.7 Å². The molecule has 30 heavy (non-hydrogen) atoms. The SMILES string of the molecule is Cc1ccc(C)c(Cc2ccc(C(=O)NNc3cc(C)c4c(C)nn(C)c4n3)o2)c1. The third-order valence-electron chi connectivity index (χ3n) is 5.22. The topological polar surface area (TPSA) is 85.0 Å². The highest BCUT2D eigenvalue weighted by molar-refractivity contribution is 5.92. The number of carbonyl (C=O) groups excluding carboxylic acids is 1. The van der Waals surface area contributed by atoms with Crippen molar-refractivity contribution in [2.75, 3.05) is 5.43 Å². The van der Waals surface area contributed by atoms with E-state index in [0.29, 0.717) is 12.2 Å². The van der Waals surface area contributed by atoms with Gasteiger partial charge in [-0.05, 0) is 62.6 Å². The number of nitrogens with one attached hydrogen (secondary N) is 2. The van der Waals surface area contributed by atoms with Crippen molar-refractivity contribution in [3.8, 4) is 0 Å². The van der Waals surface area contributed by atoms with Gasteiger partial charge in [-0.1, -0.05) is 23.8 Å². The van der Waals surface area contributed by atoms with Crippen LogP contribution in [-0.4, -0.2) is 20.7 Å². The van der Waals surface area contributed by atoms with Crippen LogP contribution in [0.5, 0.6) is 0 Å². The van der Waals surface area contributed by atoms with Crippen molar-refractivity contribution >= 4 is 22.8 Å². The standard InChI is InChI=1S/C23H25N5O2/c1-13-6-7-14(2)17(10-13)12-18-8-9-19(30-18)23(29)26-25-20-11-15(3)21-16(4)27-28(5)22(21)24-20/h6-11H,12H2,1-5H3,(H,24,25)(H,26,29). The van der Waals surface area contributed by atoms with Gasteiger partial charge in [-0.2, -0.15) is 5.10 Å². The van der Waals surface area contributed by atoms with Crippen molar-refractivity contribution in [2.24, 2.45) is 7.05 Å². The normalized spacial score (nSPS) is 11.1. The van der Waals surface area contributed by atoms with E-state index >= 15 is 0 Å². The summed E-state index contributed by atoms with van der Waals surface area (Å²) in [6, 6.07) is 11.7. The lowest BCUT2D eigenvalue weighted by atomic mass is 10.0. The molecule has 0 unspecified atom stereocenters. The third kappa shape index (κ3) is 3.78. The smallest absolute Gasteiger partial charge is 0.305 e. The maximum absolute atomic E-state index is 12.5.